The molecule has 1 aliphatic carbocycles. The van der Waals surface area contributed by atoms with Crippen LogP contribution >= 0.6 is 0 Å². The van der Waals surface area contributed by atoms with Crippen molar-refractivity contribution >= 4 is 5.91 Å². The highest BCUT2D eigenvalue weighted by atomic mass is 19.2. The summed E-state index contributed by atoms with van der Waals surface area (Å²) in [7, 11) is 0. The zero-order chi connectivity index (χ0) is 20.9. The van der Waals surface area contributed by atoms with Gasteiger partial charge >= 0.3 is 0 Å². The Labute approximate surface area is 174 Å². The van der Waals surface area contributed by atoms with Crippen LogP contribution in [0.1, 0.15) is 41.8 Å². The highest BCUT2D eigenvalue weighted by Crippen LogP contribution is 2.48. The maximum absolute atomic E-state index is 14.1. The van der Waals surface area contributed by atoms with Crippen LogP contribution in [-0.2, 0) is 28.3 Å². The van der Waals surface area contributed by atoms with E-state index in [0.717, 1.165) is 24.2 Å². The molecule has 1 saturated heterocycles. The fraction of sp³-hybridized carbons (Fsp3) is 0.478. The largest absolute Gasteiger partial charge is 0.365 e. The number of nitrogens with one attached hydrogen (secondary N) is 1. The summed E-state index contributed by atoms with van der Waals surface area (Å²) in [6.07, 6.45) is 2.49. The lowest BCUT2D eigenvalue weighted by Crippen LogP contribution is -2.55. The number of fused-ring (bicyclic) bond motifs is 2. The molecule has 1 spiro atoms. The van der Waals surface area contributed by atoms with Crippen molar-refractivity contribution in [2.24, 2.45) is 5.92 Å². The molecule has 1 saturated carbocycles. The number of pyridine rings is 1. The first-order valence-electron chi connectivity index (χ1n) is 10.5. The number of nitrogens with zero attached hydrogens (tertiary/aromatic N) is 2. The Morgan fingerprint density at radius 2 is 2.10 bits per heavy atom. The lowest BCUT2D eigenvalue weighted by molar-refractivity contribution is -0.157. The second-order valence-electron chi connectivity index (χ2n) is 8.58. The molecule has 1 amide bonds. The predicted molar refractivity (Wildman–Crippen MR) is 106 cm³/mol. The van der Waals surface area contributed by atoms with Crippen LogP contribution in [0.2, 0.25) is 0 Å². The van der Waals surface area contributed by atoms with Gasteiger partial charge in [0.1, 0.15) is 5.60 Å². The van der Waals surface area contributed by atoms with Crippen molar-refractivity contribution in [2.75, 3.05) is 13.1 Å². The van der Waals surface area contributed by atoms with Crippen molar-refractivity contribution in [3.05, 3.63) is 64.5 Å². The van der Waals surface area contributed by atoms with Crippen molar-refractivity contribution in [3.8, 4) is 0 Å². The van der Waals surface area contributed by atoms with E-state index in [4.69, 9.17) is 4.74 Å². The first-order chi connectivity index (χ1) is 14.5. The van der Waals surface area contributed by atoms with Crippen molar-refractivity contribution in [1.82, 2.24) is 15.2 Å². The molecule has 0 radical (unpaired) electrons. The molecule has 1 unspecified atom stereocenters. The maximum Gasteiger partial charge on any atom is 0.230 e. The van der Waals surface area contributed by atoms with E-state index in [9.17, 15) is 13.6 Å². The van der Waals surface area contributed by atoms with Gasteiger partial charge in [-0.05, 0) is 68.1 Å². The molecule has 5 rings (SSSR count). The van der Waals surface area contributed by atoms with E-state index in [2.05, 4.69) is 10.3 Å². The Morgan fingerprint density at radius 1 is 1.30 bits per heavy atom. The van der Waals surface area contributed by atoms with E-state index < -0.39 is 23.2 Å². The number of carbonyl (C=O) groups is 1. The Kier molecular flexibility index (Phi) is 4.82. The van der Waals surface area contributed by atoms with E-state index >= 15 is 0 Å². The number of hydrogen-bond donors (Lipinski definition) is 1. The molecule has 1 aromatic carbocycles. The van der Waals surface area contributed by atoms with Crippen molar-refractivity contribution < 1.29 is 18.3 Å². The number of benzene rings is 1. The highest BCUT2D eigenvalue weighted by Gasteiger charge is 2.53. The molecule has 3 heterocycles. The van der Waals surface area contributed by atoms with Gasteiger partial charge in [0.15, 0.2) is 11.6 Å². The zero-order valence-electron chi connectivity index (χ0n) is 17.0. The third kappa shape index (κ3) is 3.30. The molecule has 0 bridgehead atoms. The Morgan fingerprint density at radius 3 is 2.87 bits per heavy atom. The molecule has 30 heavy (non-hydrogen) atoms. The van der Waals surface area contributed by atoms with E-state index in [1.54, 1.807) is 0 Å². The monoisotopic (exact) mass is 413 g/mol. The molecule has 2 atom stereocenters. The highest BCUT2D eigenvalue weighted by molar-refractivity contribution is 5.82. The number of halogens is 2. The normalized spacial score (nSPS) is 25.4. The summed E-state index contributed by atoms with van der Waals surface area (Å²) in [4.78, 5) is 20.3. The van der Waals surface area contributed by atoms with Gasteiger partial charge in [-0.1, -0.05) is 6.07 Å². The van der Waals surface area contributed by atoms with Gasteiger partial charge < -0.3 is 15.0 Å². The van der Waals surface area contributed by atoms with Crippen LogP contribution in [0.3, 0.4) is 0 Å². The lowest BCUT2D eigenvalue weighted by atomic mass is 9.75. The smallest absolute Gasteiger partial charge is 0.230 e. The van der Waals surface area contributed by atoms with Gasteiger partial charge in [-0.25, -0.2) is 8.78 Å². The topological polar surface area (TPSA) is 54.5 Å². The predicted octanol–water partition coefficient (Wildman–Crippen LogP) is 3.19. The molecule has 158 valence electrons. The standard InChI is InChI=1S/C23H25F2N3O2/c1-14-3-2-4-16(27-14)12-28(17-5-6-17)22(29)19-11-26-8-7-23(19)18-10-21(25)20(24)9-15(18)13-30-23/h2-4,9-10,17,19,26H,5-8,11-13H2,1H3/t19?,23-/m0/s1. The van der Waals surface area contributed by atoms with Crippen LogP contribution in [0.5, 0.6) is 0 Å². The quantitative estimate of drug-likeness (QED) is 0.837. The van der Waals surface area contributed by atoms with Crippen LogP contribution in [-0.4, -0.2) is 34.9 Å². The zero-order valence-corrected chi connectivity index (χ0v) is 17.0. The van der Waals surface area contributed by atoms with Crippen molar-refractivity contribution in [2.45, 2.75) is 51.0 Å². The molecular formula is C23H25F2N3O2. The first-order valence-corrected chi connectivity index (χ1v) is 10.5. The molecule has 1 aromatic heterocycles. The minimum absolute atomic E-state index is 0.00871. The summed E-state index contributed by atoms with van der Waals surface area (Å²) in [6.45, 7) is 3.68. The lowest BCUT2D eigenvalue weighted by Gasteiger charge is -2.42. The van der Waals surface area contributed by atoms with Gasteiger partial charge in [0, 0.05) is 18.3 Å². The molecule has 2 aliphatic heterocycles. The summed E-state index contributed by atoms with van der Waals surface area (Å²) in [5.74, 6) is -2.28. The Bertz CT molecular complexity index is 994. The fourth-order valence-corrected chi connectivity index (χ4v) is 4.86. The molecule has 7 heteroatoms. The van der Waals surface area contributed by atoms with Crippen LogP contribution in [0.25, 0.3) is 0 Å². The van der Waals surface area contributed by atoms with Gasteiger partial charge in [0.25, 0.3) is 0 Å². The van der Waals surface area contributed by atoms with E-state index in [1.807, 2.05) is 30.0 Å². The van der Waals surface area contributed by atoms with Crippen LogP contribution in [0.4, 0.5) is 8.78 Å². The number of aryl methyl sites for hydroxylation is 1. The van der Waals surface area contributed by atoms with Gasteiger partial charge in [-0.2, -0.15) is 0 Å². The van der Waals surface area contributed by atoms with Crippen LogP contribution < -0.4 is 5.32 Å². The fourth-order valence-electron chi connectivity index (χ4n) is 4.86. The summed E-state index contributed by atoms with van der Waals surface area (Å²) in [6, 6.07) is 8.45. The third-order valence-electron chi connectivity index (χ3n) is 6.52. The number of aromatic nitrogens is 1. The summed E-state index contributed by atoms with van der Waals surface area (Å²) < 4.78 is 34.1. The minimum Gasteiger partial charge on any atom is -0.365 e. The number of carbonyl (C=O) groups excluding carboxylic acids is 1. The molecule has 5 nitrogen and oxygen atoms in total. The number of hydrogen-bond acceptors (Lipinski definition) is 4. The van der Waals surface area contributed by atoms with Gasteiger partial charge in [-0.15, -0.1) is 0 Å². The van der Waals surface area contributed by atoms with E-state index in [-0.39, 0.29) is 18.6 Å². The first kappa shape index (κ1) is 19.6. The second kappa shape index (κ2) is 7.39. The average Bonchev–Trinajstić information content (AvgIpc) is 3.52. The number of rotatable bonds is 4. The van der Waals surface area contributed by atoms with Crippen molar-refractivity contribution in [1.29, 1.82) is 0 Å². The van der Waals surface area contributed by atoms with E-state index in [0.29, 0.717) is 37.2 Å². The molecule has 1 N–H and O–H groups in total. The second-order valence-corrected chi connectivity index (χ2v) is 8.58. The van der Waals surface area contributed by atoms with Crippen LogP contribution in [0, 0.1) is 24.5 Å². The van der Waals surface area contributed by atoms with Crippen LogP contribution in [0.15, 0.2) is 30.3 Å². The molecule has 3 aliphatic rings. The average molecular weight is 413 g/mol. The minimum atomic E-state index is -0.917. The molecule has 2 fully saturated rings. The number of amides is 1. The summed E-state index contributed by atoms with van der Waals surface area (Å²) in [5.41, 5.74) is 2.10. The van der Waals surface area contributed by atoms with Gasteiger partial charge in [0.2, 0.25) is 5.91 Å². The van der Waals surface area contributed by atoms with Crippen molar-refractivity contribution in [3.63, 3.8) is 0 Å². The summed E-state index contributed by atoms with van der Waals surface area (Å²) >= 11 is 0. The number of piperidine rings is 1. The maximum atomic E-state index is 14.1. The molecule has 2 aromatic rings. The Balaban J connectivity index is 1.49. The van der Waals surface area contributed by atoms with Gasteiger partial charge in [-0.3, -0.25) is 9.78 Å². The Hall–Kier alpha value is -2.38. The van der Waals surface area contributed by atoms with E-state index in [1.165, 1.54) is 12.1 Å². The summed E-state index contributed by atoms with van der Waals surface area (Å²) in [5, 5.41) is 3.30. The van der Waals surface area contributed by atoms with Gasteiger partial charge in [0.05, 0.1) is 24.8 Å². The number of ether oxygens (including phenoxy) is 1. The third-order valence-corrected chi connectivity index (χ3v) is 6.52. The molecular weight excluding hydrogens is 388 g/mol. The SMILES string of the molecule is Cc1cccc(CN(C(=O)C2CNCC[C@@]23OCc2cc(F)c(F)cc23)C2CC2)n1.